The Balaban J connectivity index is 1.33. The third kappa shape index (κ3) is 3.70. The predicted octanol–water partition coefficient (Wildman–Crippen LogP) is 2.91. The normalized spacial score (nSPS) is 29.3. The van der Waals surface area contributed by atoms with Gasteiger partial charge >= 0.3 is 0 Å². The van der Waals surface area contributed by atoms with E-state index in [0.717, 1.165) is 87.9 Å². The van der Waals surface area contributed by atoms with Crippen LogP contribution in [0.1, 0.15) is 45.3 Å². The van der Waals surface area contributed by atoms with E-state index in [1.165, 1.54) is 12.1 Å². The molecule has 0 aliphatic carbocycles. The van der Waals surface area contributed by atoms with E-state index in [1.807, 2.05) is 27.8 Å². The molecule has 3 aromatic rings. The molecule has 7 heterocycles. The van der Waals surface area contributed by atoms with Crippen molar-refractivity contribution in [2.75, 3.05) is 49.4 Å². The van der Waals surface area contributed by atoms with E-state index >= 15 is 0 Å². The summed E-state index contributed by atoms with van der Waals surface area (Å²) in [5.41, 5.74) is 2.02. The Morgan fingerprint density at radius 3 is 2.66 bits per heavy atom. The van der Waals surface area contributed by atoms with Crippen LogP contribution in [-0.4, -0.2) is 82.2 Å². The number of hydrogen-bond acceptors (Lipinski definition) is 8. The molecule has 4 atom stereocenters. The van der Waals surface area contributed by atoms with Crippen LogP contribution in [0.15, 0.2) is 24.5 Å². The fourth-order valence-electron chi connectivity index (χ4n) is 6.13. The standard InChI is InChI=1S/C25H33N7O3/c1-17-14-33-11-9-29(17)21-12-23(31-18-5-6-19(31)16-34-15-18)27-25-20(21)13-26-32(25)22-7-8-30(28-22)24-4-2-3-10-35-24/h7-8,12-13,17-19,24H,2-6,9-11,14-16H2,1H3/t17-,18?,19?,24?/m1/s1. The summed E-state index contributed by atoms with van der Waals surface area (Å²) in [7, 11) is 0. The lowest BCUT2D eigenvalue weighted by Gasteiger charge is -2.38. The molecule has 0 aromatic carbocycles. The van der Waals surface area contributed by atoms with Gasteiger partial charge in [-0.2, -0.15) is 14.9 Å². The van der Waals surface area contributed by atoms with Crippen LogP contribution in [-0.2, 0) is 14.2 Å². The summed E-state index contributed by atoms with van der Waals surface area (Å²) >= 11 is 0. The van der Waals surface area contributed by atoms with Crippen LogP contribution in [0.2, 0.25) is 0 Å². The Labute approximate surface area is 204 Å². The number of nitrogens with zero attached hydrogens (tertiary/aromatic N) is 7. The van der Waals surface area contributed by atoms with Crippen molar-refractivity contribution in [2.24, 2.45) is 0 Å². The van der Waals surface area contributed by atoms with Gasteiger partial charge < -0.3 is 24.0 Å². The molecule has 3 aromatic heterocycles. The van der Waals surface area contributed by atoms with Gasteiger partial charge in [0.05, 0.1) is 55.8 Å². The number of hydrogen-bond donors (Lipinski definition) is 0. The highest BCUT2D eigenvalue weighted by Gasteiger charge is 2.39. The van der Waals surface area contributed by atoms with Crippen LogP contribution in [0.4, 0.5) is 11.5 Å². The average Bonchev–Trinajstić information content (AvgIpc) is 3.60. The van der Waals surface area contributed by atoms with Gasteiger partial charge in [-0.15, -0.1) is 0 Å². The van der Waals surface area contributed by atoms with Crippen molar-refractivity contribution in [2.45, 2.75) is 63.4 Å². The number of fused-ring (bicyclic) bond motifs is 3. The third-order valence-electron chi connectivity index (χ3n) is 7.95. The zero-order chi connectivity index (χ0) is 23.4. The van der Waals surface area contributed by atoms with E-state index in [2.05, 4.69) is 22.8 Å². The second kappa shape index (κ2) is 8.76. The fraction of sp³-hybridized carbons (Fsp3) is 0.640. The highest BCUT2D eigenvalue weighted by atomic mass is 16.5. The number of ether oxygens (including phenoxy) is 3. The van der Waals surface area contributed by atoms with Crippen molar-refractivity contribution < 1.29 is 14.2 Å². The maximum Gasteiger partial charge on any atom is 0.177 e. The van der Waals surface area contributed by atoms with Crippen molar-refractivity contribution in [3.8, 4) is 5.82 Å². The topological polar surface area (TPSA) is 82.7 Å². The summed E-state index contributed by atoms with van der Waals surface area (Å²) in [5.74, 6) is 1.78. The van der Waals surface area contributed by atoms with E-state index in [-0.39, 0.29) is 12.3 Å². The molecule has 0 amide bonds. The second-order valence-corrected chi connectivity index (χ2v) is 10.2. The monoisotopic (exact) mass is 479 g/mol. The molecular formula is C25H33N7O3. The molecule has 4 saturated heterocycles. The Kier molecular flexibility index (Phi) is 5.40. The van der Waals surface area contributed by atoms with Crippen LogP contribution in [0.25, 0.3) is 16.9 Å². The largest absolute Gasteiger partial charge is 0.377 e. The van der Waals surface area contributed by atoms with Gasteiger partial charge in [0.15, 0.2) is 11.5 Å². The SMILES string of the molecule is C[C@@H]1COCCN1c1cc(N2C3CCC2COC3)nc2c1cnn2-c1ccn(C2CCCCO2)n1. The van der Waals surface area contributed by atoms with Gasteiger partial charge in [0, 0.05) is 37.5 Å². The zero-order valence-corrected chi connectivity index (χ0v) is 20.3. The minimum atomic E-state index is -0.00317. The molecule has 7 rings (SSSR count). The number of pyridine rings is 1. The highest BCUT2D eigenvalue weighted by Crippen LogP contribution is 2.38. The summed E-state index contributed by atoms with van der Waals surface area (Å²) in [5, 5.41) is 10.7. The Hall–Kier alpha value is -2.69. The first-order valence-electron chi connectivity index (χ1n) is 13.0. The van der Waals surface area contributed by atoms with Crippen LogP contribution in [0, 0.1) is 0 Å². The highest BCUT2D eigenvalue weighted by molar-refractivity contribution is 5.92. The second-order valence-electron chi connectivity index (χ2n) is 10.2. The number of anilines is 2. The minimum absolute atomic E-state index is 0.00317. The molecule has 4 fully saturated rings. The molecule has 3 unspecified atom stereocenters. The molecule has 35 heavy (non-hydrogen) atoms. The van der Waals surface area contributed by atoms with Crippen molar-refractivity contribution in [3.63, 3.8) is 0 Å². The summed E-state index contributed by atoms with van der Waals surface area (Å²) < 4.78 is 21.4. The third-order valence-corrected chi connectivity index (χ3v) is 7.95. The van der Waals surface area contributed by atoms with Gasteiger partial charge in [-0.1, -0.05) is 0 Å². The van der Waals surface area contributed by atoms with E-state index in [4.69, 9.17) is 29.4 Å². The summed E-state index contributed by atoms with van der Waals surface area (Å²) in [6.45, 7) is 6.86. The van der Waals surface area contributed by atoms with E-state index in [1.54, 1.807) is 0 Å². The molecule has 10 heteroatoms. The first kappa shape index (κ1) is 21.6. The summed E-state index contributed by atoms with van der Waals surface area (Å²) in [4.78, 5) is 10.1. The van der Waals surface area contributed by atoms with Crippen molar-refractivity contribution in [1.82, 2.24) is 24.5 Å². The smallest absolute Gasteiger partial charge is 0.177 e. The summed E-state index contributed by atoms with van der Waals surface area (Å²) in [6.07, 6.45) is 9.51. The number of aromatic nitrogens is 5. The van der Waals surface area contributed by atoms with Crippen molar-refractivity contribution in [3.05, 3.63) is 24.5 Å². The molecule has 0 radical (unpaired) electrons. The van der Waals surface area contributed by atoms with Crippen LogP contribution in [0.5, 0.6) is 0 Å². The predicted molar refractivity (Wildman–Crippen MR) is 131 cm³/mol. The molecule has 0 N–H and O–H groups in total. The molecule has 4 aliphatic rings. The van der Waals surface area contributed by atoms with Gasteiger partial charge in [0.1, 0.15) is 12.0 Å². The molecule has 0 saturated carbocycles. The first-order chi connectivity index (χ1) is 17.3. The lowest BCUT2D eigenvalue weighted by Crippen LogP contribution is -2.47. The van der Waals surface area contributed by atoms with Gasteiger partial charge in [0.25, 0.3) is 0 Å². The van der Waals surface area contributed by atoms with Crippen LogP contribution < -0.4 is 9.80 Å². The number of rotatable bonds is 4. The minimum Gasteiger partial charge on any atom is -0.377 e. The molecule has 186 valence electrons. The van der Waals surface area contributed by atoms with Crippen molar-refractivity contribution >= 4 is 22.5 Å². The van der Waals surface area contributed by atoms with E-state index < -0.39 is 0 Å². The summed E-state index contributed by atoms with van der Waals surface area (Å²) in [6, 6.07) is 5.32. The zero-order valence-electron chi connectivity index (χ0n) is 20.3. The Bertz CT molecular complexity index is 1190. The lowest BCUT2D eigenvalue weighted by atomic mass is 10.1. The maximum atomic E-state index is 5.94. The fourth-order valence-corrected chi connectivity index (χ4v) is 6.13. The Morgan fingerprint density at radius 1 is 0.971 bits per heavy atom. The lowest BCUT2D eigenvalue weighted by molar-refractivity contribution is -0.0395. The first-order valence-corrected chi connectivity index (χ1v) is 13.0. The number of morpholine rings is 2. The van der Waals surface area contributed by atoms with Crippen LogP contribution in [0.3, 0.4) is 0 Å². The van der Waals surface area contributed by atoms with E-state index in [0.29, 0.717) is 12.1 Å². The maximum absolute atomic E-state index is 5.94. The molecular weight excluding hydrogens is 446 g/mol. The Morgan fingerprint density at radius 2 is 1.86 bits per heavy atom. The molecule has 2 bridgehead atoms. The molecule has 10 nitrogen and oxygen atoms in total. The quantitative estimate of drug-likeness (QED) is 0.565. The molecule has 0 spiro atoms. The van der Waals surface area contributed by atoms with Gasteiger partial charge in [-0.05, 0) is 39.0 Å². The average molecular weight is 480 g/mol. The molecule has 4 aliphatic heterocycles. The van der Waals surface area contributed by atoms with Crippen LogP contribution >= 0.6 is 0 Å². The van der Waals surface area contributed by atoms with Gasteiger partial charge in [-0.3, -0.25) is 0 Å². The van der Waals surface area contributed by atoms with Gasteiger partial charge in [-0.25, -0.2) is 9.67 Å². The van der Waals surface area contributed by atoms with Crippen molar-refractivity contribution in [1.29, 1.82) is 0 Å². The van der Waals surface area contributed by atoms with Gasteiger partial charge in [0.2, 0.25) is 0 Å². The van der Waals surface area contributed by atoms with E-state index in [9.17, 15) is 0 Å².